The van der Waals surface area contributed by atoms with Gasteiger partial charge in [-0.05, 0) is 36.4 Å². The summed E-state index contributed by atoms with van der Waals surface area (Å²) in [7, 11) is 1.71. The molecule has 20 heavy (non-hydrogen) atoms. The number of benzene rings is 2. The maximum absolute atomic E-state index is 12.0. The zero-order valence-corrected chi connectivity index (χ0v) is 11.3. The van der Waals surface area contributed by atoms with Crippen LogP contribution in [0, 0.1) is 0 Å². The van der Waals surface area contributed by atoms with Crippen LogP contribution < -0.4 is 9.64 Å². The van der Waals surface area contributed by atoms with Crippen LogP contribution >= 0.6 is 0 Å². The van der Waals surface area contributed by atoms with Gasteiger partial charge in [-0.3, -0.25) is 4.79 Å². The van der Waals surface area contributed by atoms with Crippen molar-refractivity contribution in [1.82, 2.24) is 0 Å². The number of amides is 1. The van der Waals surface area contributed by atoms with Gasteiger partial charge in [0.25, 0.3) is 0 Å². The Bertz CT molecular complexity index is 552. The number of phenols is 1. The average molecular weight is 271 g/mol. The first-order valence-electron chi connectivity index (χ1n) is 6.40. The number of anilines is 1. The van der Waals surface area contributed by atoms with Crippen molar-refractivity contribution < 1.29 is 14.6 Å². The van der Waals surface area contributed by atoms with Crippen molar-refractivity contribution in [3.63, 3.8) is 0 Å². The minimum absolute atomic E-state index is 0.0355. The summed E-state index contributed by atoms with van der Waals surface area (Å²) in [5.74, 6) is 0.904. The van der Waals surface area contributed by atoms with Gasteiger partial charge in [0, 0.05) is 12.7 Å². The van der Waals surface area contributed by atoms with Crippen molar-refractivity contribution in [2.75, 3.05) is 18.6 Å². The molecule has 0 unspecified atom stereocenters. The number of carbonyl (C=O) groups excluding carboxylic acids is 1. The molecule has 0 atom stereocenters. The SMILES string of the molecule is CN(C(=O)CCOc1ccccc1)c1ccc(O)cc1. The van der Waals surface area contributed by atoms with Crippen LogP contribution in [0.2, 0.25) is 0 Å². The highest BCUT2D eigenvalue weighted by atomic mass is 16.5. The number of nitrogens with zero attached hydrogens (tertiary/aromatic N) is 1. The Morgan fingerprint density at radius 2 is 1.75 bits per heavy atom. The van der Waals surface area contributed by atoms with Gasteiger partial charge in [-0.2, -0.15) is 0 Å². The number of aromatic hydroxyl groups is 1. The van der Waals surface area contributed by atoms with Crippen LogP contribution in [0.3, 0.4) is 0 Å². The highest BCUT2D eigenvalue weighted by Crippen LogP contribution is 2.18. The Balaban J connectivity index is 1.84. The zero-order valence-electron chi connectivity index (χ0n) is 11.3. The van der Waals surface area contributed by atoms with E-state index in [1.807, 2.05) is 30.3 Å². The molecule has 0 aliphatic heterocycles. The molecule has 0 aromatic heterocycles. The van der Waals surface area contributed by atoms with Crippen molar-refractivity contribution in [2.24, 2.45) is 0 Å². The number of rotatable bonds is 5. The summed E-state index contributed by atoms with van der Waals surface area (Å²) in [6.07, 6.45) is 0.298. The van der Waals surface area contributed by atoms with Crippen molar-refractivity contribution in [3.05, 3.63) is 54.6 Å². The van der Waals surface area contributed by atoms with Crippen LogP contribution in [0.15, 0.2) is 54.6 Å². The Hall–Kier alpha value is -2.49. The molecule has 2 rings (SSSR count). The normalized spacial score (nSPS) is 10.1. The van der Waals surface area contributed by atoms with Crippen molar-refractivity contribution in [3.8, 4) is 11.5 Å². The molecular formula is C16H17NO3. The molecule has 1 N–H and O–H groups in total. The van der Waals surface area contributed by atoms with Crippen molar-refractivity contribution in [1.29, 1.82) is 0 Å². The first-order chi connectivity index (χ1) is 9.66. The topological polar surface area (TPSA) is 49.8 Å². The van der Waals surface area contributed by atoms with Crippen LogP contribution in [-0.4, -0.2) is 24.7 Å². The van der Waals surface area contributed by atoms with Gasteiger partial charge in [0.05, 0.1) is 13.0 Å². The molecular weight excluding hydrogens is 254 g/mol. The van der Waals surface area contributed by atoms with E-state index in [1.54, 1.807) is 36.2 Å². The summed E-state index contributed by atoms with van der Waals surface area (Å²) in [4.78, 5) is 13.6. The highest BCUT2D eigenvalue weighted by Gasteiger charge is 2.10. The predicted octanol–water partition coefficient (Wildman–Crippen LogP) is 2.82. The minimum Gasteiger partial charge on any atom is -0.508 e. The van der Waals surface area contributed by atoms with E-state index in [4.69, 9.17) is 4.74 Å². The molecule has 1 amide bonds. The van der Waals surface area contributed by atoms with Crippen LogP contribution in [0.25, 0.3) is 0 Å². The van der Waals surface area contributed by atoms with Gasteiger partial charge in [-0.25, -0.2) is 0 Å². The van der Waals surface area contributed by atoms with E-state index in [-0.39, 0.29) is 11.7 Å². The third-order valence-electron chi connectivity index (χ3n) is 2.94. The van der Waals surface area contributed by atoms with Gasteiger partial charge in [-0.15, -0.1) is 0 Å². The number of phenolic OH excluding ortho intramolecular Hbond substituents is 1. The molecule has 0 bridgehead atoms. The Morgan fingerprint density at radius 1 is 1.10 bits per heavy atom. The molecule has 0 aliphatic rings. The lowest BCUT2D eigenvalue weighted by Crippen LogP contribution is -2.27. The standard InChI is InChI=1S/C16H17NO3/c1-17(13-7-9-14(18)10-8-13)16(19)11-12-20-15-5-3-2-4-6-15/h2-10,18H,11-12H2,1H3. The van der Waals surface area contributed by atoms with E-state index in [2.05, 4.69) is 0 Å². The van der Waals surface area contributed by atoms with E-state index in [9.17, 15) is 9.90 Å². The van der Waals surface area contributed by atoms with E-state index in [0.717, 1.165) is 11.4 Å². The highest BCUT2D eigenvalue weighted by molar-refractivity contribution is 5.92. The number of hydrogen-bond donors (Lipinski definition) is 1. The summed E-state index contributed by atoms with van der Waals surface area (Å²) in [6.45, 7) is 0.339. The van der Waals surface area contributed by atoms with Gasteiger partial charge < -0.3 is 14.7 Å². The maximum Gasteiger partial charge on any atom is 0.230 e. The Morgan fingerprint density at radius 3 is 2.40 bits per heavy atom. The van der Waals surface area contributed by atoms with Crippen LogP contribution in [-0.2, 0) is 4.79 Å². The van der Waals surface area contributed by atoms with Gasteiger partial charge in [-0.1, -0.05) is 18.2 Å². The van der Waals surface area contributed by atoms with Gasteiger partial charge in [0.2, 0.25) is 5.91 Å². The fraction of sp³-hybridized carbons (Fsp3) is 0.188. The van der Waals surface area contributed by atoms with E-state index in [0.29, 0.717) is 13.0 Å². The fourth-order valence-corrected chi connectivity index (χ4v) is 1.76. The summed E-state index contributed by atoms with van der Waals surface area (Å²) in [6, 6.07) is 15.9. The van der Waals surface area contributed by atoms with Crippen LogP contribution in [0.1, 0.15) is 6.42 Å². The second kappa shape index (κ2) is 6.61. The zero-order chi connectivity index (χ0) is 14.4. The predicted molar refractivity (Wildman–Crippen MR) is 78.1 cm³/mol. The van der Waals surface area contributed by atoms with Crippen molar-refractivity contribution in [2.45, 2.75) is 6.42 Å². The Labute approximate surface area is 118 Å². The van der Waals surface area contributed by atoms with E-state index < -0.39 is 0 Å². The molecule has 0 fully saturated rings. The summed E-state index contributed by atoms with van der Waals surface area (Å²) >= 11 is 0. The molecule has 0 aliphatic carbocycles. The Kier molecular flexibility index (Phi) is 4.60. The van der Waals surface area contributed by atoms with Crippen molar-refractivity contribution >= 4 is 11.6 Å². The first kappa shape index (κ1) is 13.9. The van der Waals surface area contributed by atoms with Crippen LogP contribution in [0.4, 0.5) is 5.69 Å². The quantitative estimate of drug-likeness (QED) is 0.909. The summed E-state index contributed by atoms with van der Waals surface area (Å²) < 4.78 is 5.49. The lowest BCUT2D eigenvalue weighted by Gasteiger charge is -2.17. The van der Waals surface area contributed by atoms with Crippen LogP contribution in [0.5, 0.6) is 11.5 Å². The molecule has 0 heterocycles. The van der Waals surface area contributed by atoms with E-state index in [1.165, 1.54) is 0 Å². The third-order valence-corrected chi connectivity index (χ3v) is 2.94. The molecule has 4 nitrogen and oxygen atoms in total. The molecule has 0 spiro atoms. The smallest absolute Gasteiger partial charge is 0.230 e. The molecule has 4 heteroatoms. The number of para-hydroxylation sites is 1. The van der Waals surface area contributed by atoms with E-state index >= 15 is 0 Å². The number of hydrogen-bond acceptors (Lipinski definition) is 3. The minimum atomic E-state index is -0.0355. The van der Waals surface area contributed by atoms with Gasteiger partial charge in [0.1, 0.15) is 11.5 Å². The number of carbonyl (C=O) groups is 1. The molecule has 0 saturated heterocycles. The third kappa shape index (κ3) is 3.75. The van der Waals surface area contributed by atoms with Gasteiger partial charge in [0.15, 0.2) is 0 Å². The molecule has 0 radical (unpaired) electrons. The average Bonchev–Trinajstić information content (AvgIpc) is 2.48. The van der Waals surface area contributed by atoms with Gasteiger partial charge >= 0.3 is 0 Å². The molecule has 104 valence electrons. The largest absolute Gasteiger partial charge is 0.508 e. The second-order valence-corrected chi connectivity index (χ2v) is 4.38. The summed E-state index contributed by atoms with van der Waals surface area (Å²) in [5.41, 5.74) is 0.743. The summed E-state index contributed by atoms with van der Waals surface area (Å²) in [5, 5.41) is 9.22. The lowest BCUT2D eigenvalue weighted by atomic mass is 10.2. The first-order valence-corrected chi connectivity index (χ1v) is 6.40. The monoisotopic (exact) mass is 271 g/mol. The molecule has 0 saturated carbocycles. The molecule has 2 aromatic carbocycles. The molecule has 2 aromatic rings. The lowest BCUT2D eigenvalue weighted by molar-refractivity contribution is -0.118. The fourth-order valence-electron chi connectivity index (χ4n) is 1.76. The maximum atomic E-state index is 12.0. The second-order valence-electron chi connectivity index (χ2n) is 4.38. The number of ether oxygens (including phenoxy) is 1.